The summed E-state index contributed by atoms with van der Waals surface area (Å²) in [6, 6.07) is 0. The van der Waals surface area contributed by atoms with E-state index in [4.69, 9.17) is 0 Å². The third-order valence-corrected chi connectivity index (χ3v) is 1.73. The van der Waals surface area contributed by atoms with Crippen molar-refractivity contribution < 1.29 is 5.11 Å². The third-order valence-electron chi connectivity index (χ3n) is 1.73. The van der Waals surface area contributed by atoms with Crippen LogP contribution in [0.25, 0.3) is 0 Å². The molecule has 12 heavy (non-hydrogen) atoms. The van der Waals surface area contributed by atoms with Crippen molar-refractivity contribution in [3.05, 3.63) is 23.8 Å². The van der Waals surface area contributed by atoms with Gasteiger partial charge in [-0.1, -0.05) is 25.9 Å². The molecule has 1 aromatic rings. The molecule has 0 aliphatic carbocycles. The van der Waals surface area contributed by atoms with Gasteiger partial charge in [-0.2, -0.15) is 0 Å². The Morgan fingerprint density at radius 1 is 1.25 bits per heavy atom. The van der Waals surface area contributed by atoms with E-state index in [0.29, 0.717) is 11.4 Å². The van der Waals surface area contributed by atoms with Crippen molar-refractivity contribution >= 4 is 0 Å². The Balaban J connectivity index is 2.82. The van der Waals surface area contributed by atoms with Crippen LogP contribution in [0.4, 0.5) is 0 Å². The first-order chi connectivity index (χ1) is 5.61. The molecule has 0 bridgehead atoms. The van der Waals surface area contributed by atoms with Gasteiger partial charge in [0.2, 0.25) is 0 Å². The zero-order valence-corrected chi connectivity index (χ0v) is 7.61. The average molecular weight is 165 g/mol. The van der Waals surface area contributed by atoms with Crippen molar-refractivity contribution in [2.24, 2.45) is 5.92 Å². The Morgan fingerprint density at radius 3 is 2.17 bits per heavy atom. The number of aromatic nitrogens is 2. The highest BCUT2D eigenvalue weighted by Gasteiger charge is 2.03. The average Bonchev–Trinajstić information content (AvgIpc) is 2.04. The largest absolute Gasteiger partial charge is 0.848 e. The molecule has 3 nitrogen and oxygen atoms in total. The molecule has 0 aliphatic heterocycles. The van der Waals surface area contributed by atoms with Crippen LogP contribution in [0.3, 0.4) is 0 Å². The highest BCUT2D eigenvalue weighted by molar-refractivity contribution is 5.08. The van der Waals surface area contributed by atoms with Crippen LogP contribution in [-0.4, -0.2) is 9.97 Å². The molecule has 0 aromatic carbocycles. The third kappa shape index (κ3) is 2.01. The number of aryl methyl sites for hydroxylation is 1. The summed E-state index contributed by atoms with van der Waals surface area (Å²) in [7, 11) is 0. The summed E-state index contributed by atoms with van der Waals surface area (Å²) in [5, 5.41) is 11.5. The Labute approximate surface area is 72.5 Å². The summed E-state index contributed by atoms with van der Waals surface area (Å²) in [5.41, 5.74) is 0.676. The predicted octanol–water partition coefficient (Wildman–Crippen LogP) is 0.842. The molecule has 0 aliphatic rings. The molecular formula is C9H13N2O-. The lowest BCUT2D eigenvalue weighted by molar-refractivity contribution is -0.438. The van der Waals surface area contributed by atoms with Crippen LogP contribution >= 0.6 is 0 Å². The lowest BCUT2D eigenvalue weighted by Crippen LogP contribution is -2.21. The Kier molecular flexibility index (Phi) is 2.76. The zero-order chi connectivity index (χ0) is 9.14. The summed E-state index contributed by atoms with van der Waals surface area (Å²) < 4.78 is 0. The summed E-state index contributed by atoms with van der Waals surface area (Å²) in [6.07, 6.45) is 2.52. The van der Waals surface area contributed by atoms with Gasteiger partial charge in [-0.3, -0.25) is 0 Å². The van der Waals surface area contributed by atoms with Gasteiger partial charge in [0.05, 0.1) is 0 Å². The number of nitrogens with zero attached hydrogens (tertiary/aromatic N) is 2. The van der Waals surface area contributed by atoms with E-state index in [1.807, 2.05) is 13.8 Å². The molecule has 0 N–H and O–H groups in total. The van der Waals surface area contributed by atoms with Crippen molar-refractivity contribution in [1.29, 1.82) is 0 Å². The molecule has 1 unspecified atom stereocenters. The molecule has 1 atom stereocenters. The minimum atomic E-state index is -0.703. The van der Waals surface area contributed by atoms with Crippen molar-refractivity contribution in [2.45, 2.75) is 26.9 Å². The maximum Gasteiger partial charge on any atom is 0.125 e. The second-order valence-electron chi connectivity index (χ2n) is 3.23. The number of hydrogen-bond donors (Lipinski definition) is 0. The van der Waals surface area contributed by atoms with E-state index in [9.17, 15) is 5.11 Å². The maximum atomic E-state index is 11.5. The van der Waals surface area contributed by atoms with Crippen LogP contribution in [-0.2, 0) is 0 Å². The zero-order valence-electron chi connectivity index (χ0n) is 7.61. The van der Waals surface area contributed by atoms with E-state index in [2.05, 4.69) is 9.97 Å². The molecule has 0 saturated carbocycles. The Hall–Kier alpha value is -0.960. The van der Waals surface area contributed by atoms with Crippen LogP contribution in [0.15, 0.2) is 12.4 Å². The first kappa shape index (κ1) is 9.13. The van der Waals surface area contributed by atoms with Crippen LogP contribution in [0.2, 0.25) is 0 Å². The van der Waals surface area contributed by atoms with Crippen LogP contribution < -0.4 is 5.11 Å². The lowest BCUT2D eigenvalue weighted by atomic mass is 10.0. The fraction of sp³-hybridized carbons (Fsp3) is 0.556. The first-order valence-corrected chi connectivity index (χ1v) is 4.05. The lowest BCUT2D eigenvalue weighted by Gasteiger charge is -2.25. The molecule has 1 heterocycles. The molecule has 0 fully saturated rings. The smallest absolute Gasteiger partial charge is 0.125 e. The van der Waals surface area contributed by atoms with Crippen LogP contribution in [0.5, 0.6) is 0 Å². The normalized spacial score (nSPS) is 13.4. The van der Waals surface area contributed by atoms with E-state index in [1.165, 1.54) is 0 Å². The van der Waals surface area contributed by atoms with Gasteiger partial charge in [0.15, 0.2) is 0 Å². The van der Waals surface area contributed by atoms with Gasteiger partial charge in [-0.25, -0.2) is 9.97 Å². The second-order valence-corrected chi connectivity index (χ2v) is 3.23. The second kappa shape index (κ2) is 3.63. The fourth-order valence-corrected chi connectivity index (χ4v) is 0.934. The fourth-order valence-electron chi connectivity index (χ4n) is 0.934. The highest BCUT2D eigenvalue weighted by Crippen LogP contribution is 2.15. The number of rotatable bonds is 2. The van der Waals surface area contributed by atoms with E-state index in [-0.39, 0.29) is 5.92 Å². The van der Waals surface area contributed by atoms with Gasteiger partial charge in [0, 0.05) is 12.4 Å². The quantitative estimate of drug-likeness (QED) is 0.652. The van der Waals surface area contributed by atoms with Crippen molar-refractivity contribution in [2.75, 3.05) is 0 Å². The van der Waals surface area contributed by atoms with Crippen LogP contribution in [0, 0.1) is 12.8 Å². The van der Waals surface area contributed by atoms with E-state index in [1.54, 1.807) is 19.3 Å². The predicted molar refractivity (Wildman–Crippen MR) is 44.3 cm³/mol. The first-order valence-electron chi connectivity index (χ1n) is 4.05. The Morgan fingerprint density at radius 2 is 1.75 bits per heavy atom. The van der Waals surface area contributed by atoms with Gasteiger partial charge in [-0.05, 0) is 12.5 Å². The monoisotopic (exact) mass is 165 g/mol. The topological polar surface area (TPSA) is 48.8 Å². The molecule has 66 valence electrons. The van der Waals surface area contributed by atoms with Gasteiger partial charge < -0.3 is 5.11 Å². The van der Waals surface area contributed by atoms with Crippen molar-refractivity contribution in [3.63, 3.8) is 0 Å². The van der Waals surface area contributed by atoms with E-state index < -0.39 is 6.10 Å². The maximum absolute atomic E-state index is 11.5. The minimum absolute atomic E-state index is 0.0938. The van der Waals surface area contributed by atoms with Crippen molar-refractivity contribution in [1.82, 2.24) is 9.97 Å². The van der Waals surface area contributed by atoms with E-state index in [0.717, 1.165) is 0 Å². The van der Waals surface area contributed by atoms with Gasteiger partial charge in [-0.15, -0.1) is 0 Å². The minimum Gasteiger partial charge on any atom is -0.848 e. The van der Waals surface area contributed by atoms with Gasteiger partial charge in [0.25, 0.3) is 0 Å². The molecule has 3 heteroatoms. The van der Waals surface area contributed by atoms with Gasteiger partial charge in [0.1, 0.15) is 5.82 Å². The summed E-state index contributed by atoms with van der Waals surface area (Å²) >= 11 is 0. The molecule has 1 aromatic heterocycles. The molecule has 0 spiro atoms. The molecular weight excluding hydrogens is 152 g/mol. The molecule has 0 saturated heterocycles. The summed E-state index contributed by atoms with van der Waals surface area (Å²) in [6.45, 7) is 5.61. The highest BCUT2D eigenvalue weighted by atomic mass is 16.3. The standard InChI is InChI=1S/C9H13N2O/c1-6(2)9(12)8-4-10-7(3)11-5-8/h4-6,9H,1-3H3/q-1. The number of hydrogen-bond acceptors (Lipinski definition) is 3. The summed E-state index contributed by atoms with van der Waals surface area (Å²) in [4.78, 5) is 7.94. The Bertz CT molecular complexity index is 243. The molecule has 0 amide bonds. The van der Waals surface area contributed by atoms with E-state index >= 15 is 0 Å². The molecule has 1 rings (SSSR count). The van der Waals surface area contributed by atoms with Crippen LogP contribution in [0.1, 0.15) is 31.3 Å². The molecule has 0 radical (unpaired) electrons. The van der Waals surface area contributed by atoms with Crippen molar-refractivity contribution in [3.8, 4) is 0 Å². The van der Waals surface area contributed by atoms with Gasteiger partial charge >= 0.3 is 0 Å². The SMILES string of the molecule is Cc1ncc(C([O-])C(C)C)cn1. The summed E-state index contributed by atoms with van der Waals surface area (Å²) in [5.74, 6) is 0.797.